The second-order valence-electron chi connectivity index (χ2n) is 6.45. The molecule has 0 unspecified atom stereocenters. The molecule has 17 heavy (non-hydrogen) atoms. The van der Waals surface area contributed by atoms with Gasteiger partial charge in [0.1, 0.15) is 0 Å². The average molecular weight is 238 g/mol. The molecule has 2 rings (SSSR count). The highest BCUT2D eigenvalue weighted by molar-refractivity contribution is 4.91. The molecule has 2 aliphatic carbocycles. The van der Waals surface area contributed by atoms with Crippen LogP contribution in [0.1, 0.15) is 58.3 Å². The van der Waals surface area contributed by atoms with Crippen LogP contribution in [0.15, 0.2) is 0 Å². The molecular weight excluding hydrogens is 208 g/mol. The largest absolute Gasteiger partial charge is 0.313 e. The topological polar surface area (TPSA) is 15.3 Å². The van der Waals surface area contributed by atoms with Gasteiger partial charge < -0.3 is 10.2 Å². The fourth-order valence-electron chi connectivity index (χ4n) is 3.37. The van der Waals surface area contributed by atoms with Gasteiger partial charge in [0.25, 0.3) is 0 Å². The molecule has 2 fully saturated rings. The monoisotopic (exact) mass is 238 g/mol. The zero-order valence-electron chi connectivity index (χ0n) is 11.8. The molecule has 0 aromatic rings. The Hall–Kier alpha value is -0.0800. The number of hydrogen-bond donors (Lipinski definition) is 1. The molecule has 0 aromatic heterocycles. The summed E-state index contributed by atoms with van der Waals surface area (Å²) in [5.74, 6) is 0. The van der Waals surface area contributed by atoms with Crippen LogP contribution in [0.4, 0.5) is 0 Å². The Morgan fingerprint density at radius 2 is 1.88 bits per heavy atom. The van der Waals surface area contributed by atoms with Crippen molar-refractivity contribution in [3.8, 4) is 0 Å². The van der Waals surface area contributed by atoms with Gasteiger partial charge in [-0.05, 0) is 51.1 Å². The van der Waals surface area contributed by atoms with Crippen molar-refractivity contribution in [2.75, 3.05) is 26.7 Å². The van der Waals surface area contributed by atoms with E-state index in [1.54, 1.807) is 0 Å². The third-order valence-electron chi connectivity index (χ3n) is 4.47. The van der Waals surface area contributed by atoms with Gasteiger partial charge in [-0.15, -0.1) is 0 Å². The fraction of sp³-hybridized carbons (Fsp3) is 1.00. The standard InChI is InChI=1S/C15H30N2/c1-3-11-17(2)13-15(9-5-4-6-10-15)12-16-14-7-8-14/h14,16H,3-13H2,1-2H3. The molecule has 0 aliphatic heterocycles. The Labute approximate surface area is 107 Å². The van der Waals surface area contributed by atoms with Crippen molar-refractivity contribution >= 4 is 0 Å². The molecule has 0 amide bonds. The van der Waals surface area contributed by atoms with Crippen molar-refractivity contribution in [2.24, 2.45) is 5.41 Å². The van der Waals surface area contributed by atoms with Gasteiger partial charge in [0, 0.05) is 19.1 Å². The molecule has 0 aromatic carbocycles. The van der Waals surface area contributed by atoms with E-state index in [0.29, 0.717) is 5.41 Å². The summed E-state index contributed by atoms with van der Waals surface area (Å²) < 4.78 is 0. The molecule has 100 valence electrons. The van der Waals surface area contributed by atoms with Crippen LogP contribution in [0.25, 0.3) is 0 Å². The molecule has 2 heteroatoms. The second kappa shape index (κ2) is 6.19. The maximum Gasteiger partial charge on any atom is 0.00684 e. The third-order valence-corrected chi connectivity index (χ3v) is 4.47. The van der Waals surface area contributed by atoms with Gasteiger partial charge in [-0.25, -0.2) is 0 Å². The summed E-state index contributed by atoms with van der Waals surface area (Å²) in [6.07, 6.45) is 11.4. The number of hydrogen-bond acceptors (Lipinski definition) is 2. The maximum atomic E-state index is 3.79. The molecule has 2 nitrogen and oxygen atoms in total. The molecule has 0 bridgehead atoms. The van der Waals surface area contributed by atoms with E-state index in [1.165, 1.54) is 71.0 Å². The van der Waals surface area contributed by atoms with Crippen LogP contribution in [0.2, 0.25) is 0 Å². The number of nitrogens with one attached hydrogen (secondary N) is 1. The minimum absolute atomic E-state index is 0.588. The lowest BCUT2D eigenvalue weighted by molar-refractivity contribution is 0.117. The zero-order chi connectivity index (χ0) is 12.1. The predicted molar refractivity (Wildman–Crippen MR) is 74.3 cm³/mol. The van der Waals surface area contributed by atoms with Gasteiger partial charge in [0.05, 0.1) is 0 Å². The summed E-state index contributed by atoms with van der Waals surface area (Å²) >= 11 is 0. The molecule has 1 N–H and O–H groups in total. The van der Waals surface area contributed by atoms with Crippen molar-refractivity contribution < 1.29 is 0 Å². The van der Waals surface area contributed by atoms with E-state index in [1.807, 2.05) is 0 Å². The normalized spacial score (nSPS) is 24.2. The lowest BCUT2D eigenvalue weighted by Crippen LogP contribution is -2.45. The first-order valence-corrected chi connectivity index (χ1v) is 7.66. The first kappa shape index (κ1) is 13.4. The molecule has 2 saturated carbocycles. The summed E-state index contributed by atoms with van der Waals surface area (Å²) in [6.45, 7) is 6.12. The van der Waals surface area contributed by atoms with Crippen molar-refractivity contribution in [1.29, 1.82) is 0 Å². The minimum Gasteiger partial charge on any atom is -0.313 e. The Morgan fingerprint density at radius 3 is 2.47 bits per heavy atom. The smallest absolute Gasteiger partial charge is 0.00684 e. The Morgan fingerprint density at radius 1 is 1.18 bits per heavy atom. The van der Waals surface area contributed by atoms with E-state index in [9.17, 15) is 0 Å². The van der Waals surface area contributed by atoms with E-state index in [4.69, 9.17) is 0 Å². The summed E-state index contributed by atoms with van der Waals surface area (Å²) in [6, 6.07) is 0.866. The molecule has 0 heterocycles. The van der Waals surface area contributed by atoms with Crippen LogP contribution in [-0.2, 0) is 0 Å². The SMILES string of the molecule is CCCN(C)CC1(CNC2CC2)CCCCC1. The van der Waals surface area contributed by atoms with Crippen molar-refractivity contribution in [1.82, 2.24) is 10.2 Å². The molecule has 0 radical (unpaired) electrons. The van der Waals surface area contributed by atoms with E-state index in [0.717, 1.165) is 6.04 Å². The van der Waals surface area contributed by atoms with Crippen LogP contribution >= 0.6 is 0 Å². The van der Waals surface area contributed by atoms with Gasteiger partial charge in [-0.3, -0.25) is 0 Å². The Bertz CT molecular complexity index is 217. The predicted octanol–water partition coefficient (Wildman–Crippen LogP) is 3.03. The van der Waals surface area contributed by atoms with Gasteiger partial charge >= 0.3 is 0 Å². The van der Waals surface area contributed by atoms with Crippen LogP contribution in [0.3, 0.4) is 0 Å². The second-order valence-corrected chi connectivity index (χ2v) is 6.45. The van der Waals surface area contributed by atoms with Crippen LogP contribution < -0.4 is 5.32 Å². The summed E-state index contributed by atoms with van der Waals surface area (Å²) in [5.41, 5.74) is 0.588. The van der Waals surface area contributed by atoms with Crippen LogP contribution in [-0.4, -0.2) is 37.6 Å². The fourth-order valence-corrected chi connectivity index (χ4v) is 3.37. The first-order chi connectivity index (χ1) is 8.24. The van der Waals surface area contributed by atoms with E-state index in [-0.39, 0.29) is 0 Å². The Kier molecular flexibility index (Phi) is 4.87. The lowest BCUT2D eigenvalue weighted by atomic mass is 9.73. The van der Waals surface area contributed by atoms with Gasteiger partial charge in [0.2, 0.25) is 0 Å². The zero-order valence-corrected chi connectivity index (χ0v) is 11.8. The average Bonchev–Trinajstić information content (AvgIpc) is 3.12. The summed E-state index contributed by atoms with van der Waals surface area (Å²) in [7, 11) is 2.30. The van der Waals surface area contributed by atoms with Gasteiger partial charge in [-0.2, -0.15) is 0 Å². The highest BCUT2D eigenvalue weighted by atomic mass is 15.1. The highest BCUT2D eigenvalue weighted by Gasteiger charge is 2.34. The molecule has 0 atom stereocenters. The number of nitrogens with zero attached hydrogens (tertiary/aromatic N) is 1. The van der Waals surface area contributed by atoms with E-state index >= 15 is 0 Å². The van der Waals surface area contributed by atoms with Crippen LogP contribution in [0.5, 0.6) is 0 Å². The Balaban J connectivity index is 1.84. The molecule has 0 saturated heterocycles. The summed E-state index contributed by atoms with van der Waals surface area (Å²) in [4.78, 5) is 2.56. The van der Waals surface area contributed by atoms with E-state index < -0.39 is 0 Å². The third kappa shape index (κ3) is 4.26. The molecular formula is C15H30N2. The highest BCUT2D eigenvalue weighted by Crippen LogP contribution is 2.37. The molecule has 0 spiro atoms. The quantitative estimate of drug-likeness (QED) is 0.733. The van der Waals surface area contributed by atoms with E-state index in [2.05, 4.69) is 24.2 Å². The van der Waals surface area contributed by atoms with Crippen molar-refractivity contribution in [2.45, 2.75) is 64.3 Å². The van der Waals surface area contributed by atoms with Gasteiger partial charge in [-0.1, -0.05) is 26.2 Å². The molecule has 2 aliphatic rings. The van der Waals surface area contributed by atoms with Crippen molar-refractivity contribution in [3.63, 3.8) is 0 Å². The van der Waals surface area contributed by atoms with Crippen molar-refractivity contribution in [3.05, 3.63) is 0 Å². The lowest BCUT2D eigenvalue weighted by Gasteiger charge is -2.40. The number of rotatable bonds is 7. The summed E-state index contributed by atoms with van der Waals surface area (Å²) in [5, 5.41) is 3.79. The van der Waals surface area contributed by atoms with Crippen LogP contribution in [0, 0.1) is 5.41 Å². The van der Waals surface area contributed by atoms with Gasteiger partial charge in [0.15, 0.2) is 0 Å². The minimum atomic E-state index is 0.588. The maximum absolute atomic E-state index is 3.79. The first-order valence-electron chi connectivity index (χ1n) is 7.66.